The van der Waals surface area contributed by atoms with Crippen molar-refractivity contribution in [3.05, 3.63) is 53.3 Å². The van der Waals surface area contributed by atoms with E-state index in [0.29, 0.717) is 10.7 Å². The summed E-state index contributed by atoms with van der Waals surface area (Å²) in [7, 11) is 0. The molecule has 3 rings (SSSR count). The van der Waals surface area contributed by atoms with Gasteiger partial charge in [0, 0.05) is 0 Å². The minimum absolute atomic E-state index is 0.342. The molecule has 1 N–H and O–H groups in total. The molecule has 2 heterocycles. The molecular formula is C12H9N5OS. The molecule has 0 aliphatic heterocycles. The van der Waals surface area contributed by atoms with Crippen LogP contribution in [-0.2, 0) is 0 Å². The van der Waals surface area contributed by atoms with Crippen LogP contribution in [-0.4, -0.2) is 26.7 Å². The summed E-state index contributed by atoms with van der Waals surface area (Å²) in [6.45, 7) is 0. The second-order valence-electron chi connectivity index (χ2n) is 3.69. The average Bonchev–Trinajstić information content (AvgIpc) is 3.02. The van der Waals surface area contributed by atoms with Gasteiger partial charge in [-0.25, -0.2) is 10.4 Å². The third-order valence-electron chi connectivity index (χ3n) is 2.44. The molecule has 0 unspecified atom stereocenters. The van der Waals surface area contributed by atoms with E-state index < -0.39 is 0 Å². The predicted molar refractivity (Wildman–Crippen MR) is 72.4 cm³/mol. The Kier molecular flexibility index (Phi) is 3.03. The first-order chi connectivity index (χ1) is 9.34. The van der Waals surface area contributed by atoms with Gasteiger partial charge in [-0.2, -0.15) is 14.7 Å². The number of benzene rings is 1. The molecule has 6 nitrogen and oxygen atoms in total. The fourth-order valence-corrected chi connectivity index (χ4v) is 2.15. The standard InChI is InChI=1S/C12H9N5OS/c18-11(10-7-13-12-17(10)15-8-19-12)16-14-6-9-4-2-1-3-5-9/h1-8H,(H,16,18). The molecule has 0 fully saturated rings. The number of hydrogen-bond donors (Lipinski definition) is 1. The van der Waals surface area contributed by atoms with Gasteiger partial charge in [-0.15, -0.1) is 0 Å². The number of nitrogens with one attached hydrogen (secondary N) is 1. The Hall–Kier alpha value is -2.54. The van der Waals surface area contributed by atoms with E-state index in [1.807, 2.05) is 30.3 Å². The van der Waals surface area contributed by atoms with Gasteiger partial charge in [0.05, 0.1) is 12.4 Å². The van der Waals surface area contributed by atoms with Gasteiger partial charge in [0.1, 0.15) is 5.51 Å². The summed E-state index contributed by atoms with van der Waals surface area (Å²) in [5.74, 6) is -0.342. The van der Waals surface area contributed by atoms with Crippen LogP contribution in [0.5, 0.6) is 0 Å². The van der Waals surface area contributed by atoms with Gasteiger partial charge in [-0.05, 0) is 5.56 Å². The lowest BCUT2D eigenvalue weighted by Crippen LogP contribution is -2.19. The van der Waals surface area contributed by atoms with Crippen molar-refractivity contribution in [3.63, 3.8) is 0 Å². The Bertz CT molecular complexity index is 731. The van der Waals surface area contributed by atoms with Gasteiger partial charge in [0.15, 0.2) is 5.69 Å². The Morgan fingerprint density at radius 1 is 1.37 bits per heavy atom. The van der Waals surface area contributed by atoms with Crippen molar-refractivity contribution < 1.29 is 4.79 Å². The summed E-state index contributed by atoms with van der Waals surface area (Å²) in [6.07, 6.45) is 3.06. The van der Waals surface area contributed by atoms with Crippen LogP contribution in [0.25, 0.3) is 4.96 Å². The van der Waals surface area contributed by atoms with Gasteiger partial charge in [-0.1, -0.05) is 41.7 Å². The number of nitrogens with zero attached hydrogens (tertiary/aromatic N) is 4. The van der Waals surface area contributed by atoms with Crippen molar-refractivity contribution in [2.24, 2.45) is 5.10 Å². The van der Waals surface area contributed by atoms with Crippen LogP contribution in [0.1, 0.15) is 16.1 Å². The summed E-state index contributed by atoms with van der Waals surface area (Å²) < 4.78 is 1.48. The van der Waals surface area contributed by atoms with Crippen molar-refractivity contribution in [2.45, 2.75) is 0 Å². The summed E-state index contributed by atoms with van der Waals surface area (Å²) in [5, 5.41) is 7.92. The Labute approximate surface area is 112 Å². The number of carbonyl (C=O) groups excluding carboxylic acids is 1. The molecule has 0 bridgehead atoms. The van der Waals surface area contributed by atoms with Crippen LogP contribution in [0, 0.1) is 0 Å². The molecule has 0 aliphatic rings. The maximum absolute atomic E-state index is 11.9. The summed E-state index contributed by atoms with van der Waals surface area (Å²) in [5.41, 5.74) is 5.36. The van der Waals surface area contributed by atoms with Gasteiger partial charge < -0.3 is 0 Å². The highest BCUT2D eigenvalue weighted by molar-refractivity contribution is 7.14. The Morgan fingerprint density at radius 3 is 3.05 bits per heavy atom. The number of rotatable bonds is 3. The largest absolute Gasteiger partial charge is 0.291 e. The zero-order valence-corrected chi connectivity index (χ0v) is 10.5. The highest BCUT2D eigenvalue weighted by atomic mass is 32.1. The highest BCUT2D eigenvalue weighted by Crippen LogP contribution is 2.09. The van der Waals surface area contributed by atoms with Crippen LogP contribution in [0.15, 0.2) is 47.1 Å². The van der Waals surface area contributed by atoms with Crippen LogP contribution >= 0.6 is 11.3 Å². The van der Waals surface area contributed by atoms with Crippen molar-refractivity contribution in [3.8, 4) is 0 Å². The zero-order chi connectivity index (χ0) is 13.1. The summed E-state index contributed by atoms with van der Waals surface area (Å²) in [6, 6.07) is 9.51. The molecule has 0 aliphatic carbocycles. The second-order valence-corrected chi connectivity index (χ2v) is 4.50. The van der Waals surface area contributed by atoms with Gasteiger partial charge in [-0.3, -0.25) is 4.79 Å². The van der Waals surface area contributed by atoms with Crippen LogP contribution in [0.3, 0.4) is 0 Å². The van der Waals surface area contributed by atoms with Crippen molar-refractivity contribution in [1.29, 1.82) is 0 Å². The molecule has 1 aromatic carbocycles. The lowest BCUT2D eigenvalue weighted by molar-refractivity contribution is 0.0948. The lowest BCUT2D eigenvalue weighted by Gasteiger charge is -1.96. The molecule has 1 amide bonds. The third-order valence-corrected chi connectivity index (χ3v) is 3.13. The number of hydrazone groups is 1. The van der Waals surface area contributed by atoms with E-state index in [4.69, 9.17) is 0 Å². The number of aromatic nitrogens is 3. The lowest BCUT2D eigenvalue weighted by atomic mass is 10.2. The average molecular weight is 271 g/mol. The molecule has 19 heavy (non-hydrogen) atoms. The Balaban J connectivity index is 1.72. The van der Waals surface area contributed by atoms with E-state index in [-0.39, 0.29) is 5.91 Å². The normalized spacial score (nSPS) is 11.2. The molecule has 0 radical (unpaired) electrons. The monoisotopic (exact) mass is 271 g/mol. The maximum Gasteiger partial charge on any atom is 0.291 e. The minimum Gasteiger partial charge on any atom is -0.265 e. The first-order valence-electron chi connectivity index (χ1n) is 5.50. The molecule has 3 aromatic rings. The SMILES string of the molecule is O=C(NN=Cc1ccccc1)c1cnc2scnn12. The molecule has 0 saturated heterocycles. The molecule has 0 saturated carbocycles. The minimum atomic E-state index is -0.342. The number of carbonyl (C=O) groups is 1. The topological polar surface area (TPSA) is 71.7 Å². The van der Waals surface area contributed by atoms with Gasteiger partial charge in [0.2, 0.25) is 4.96 Å². The van der Waals surface area contributed by atoms with Gasteiger partial charge >= 0.3 is 0 Å². The Morgan fingerprint density at radius 2 is 2.21 bits per heavy atom. The number of hydrogen-bond acceptors (Lipinski definition) is 5. The molecule has 2 aromatic heterocycles. The fraction of sp³-hybridized carbons (Fsp3) is 0. The van der Waals surface area contributed by atoms with E-state index >= 15 is 0 Å². The first kappa shape index (κ1) is 11.5. The predicted octanol–water partition coefficient (Wildman–Crippen LogP) is 1.55. The van der Waals surface area contributed by atoms with E-state index in [1.165, 1.54) is 22.0 Å². The number of amides is 1. The summed E-state index contributed by atoms with van der Waals surface area (Å²) in [4.78, 5) is 16.6. The molecule has 0 atom stereocenters. The van der Waals surface area contributed by atoms with E-state index in [1.54, 1.807) is 11.7 Å². The smallest absolute Gasteiger partial charge is 0.265 e. The van der Waals surface area contributed by atoms with Crippen molar-refractivity contribution in [1.82, 2.24) is 20.0 Å². The van der Waals surface area contributed by atoms with Crippen molar-refractivity contribution in [2.75, 3.05) is 0 Å². The van der Waals surface area contributed by atoms with Crippen molar-refractivity contribution >= 4 is 28.4 Å². The van der Waals surface area contributed by atoms with Crippen LogP contribution in [0.4, 0.5) is 0 Å². The van der Waals surface area contributed by atoms with E-state index in [0.717, 1.165) is 5.56 Å². The maximum atomic E-state index is 11.9. The van der Waals surface area contributed by atoms with Crippen LogP contribution < -0.4 is 5.43 Å². The van der Waals surface area contributed by atoms with E-state index in [9.17, 15) is 4.79 Å². The molecule has 7 heteroatoms. The molecule has 0 spiro atoms. The van der Waals surface area contributed by atoms with Gasteiger partial charge in [0.25, 0.3) is 5.91 Å². The van der Waals surface area contributed by atoms with Crippen LogP contribution in [0.2, 0.25) is 0 Å². The third kappa shape index (κ3) is 2.36. The quantitative estimate of drug-likeness (QED) is 0.580. The second kappa shape index (κ2) is 4.99. The first-order valence-corrected chi connectivity index (χ1v) is 6.38. The zero-order valence-electron chi connectivity index (χ0n) is 9.72. The number of imidazole rings is 1. The molecular weight excluding hydrogens is 262 g/mol. The number of fused-ring (bicyclic) bond motifs is 1. The van der Waals surface area contributed by atoms with E-state index in [2.05, 4.69) is 20.6 Å². The highest BCUT2D eigenvalue weighted by Gasteiger charge is 2.12. The summed E-state index contributed by atoms with van der Waals surface area (Å²) >= 11 is 1.37. The fourth-order valence-electron chi connectivity index (χ4n) is 1.56. The molecule has 94 valence electrons.